The lowest BCUT2D eigenvalue weighted by molar-refractivity contribution is -0.174. The Morgan fingerprint density at radius 1 is 1.12 bits per heavy atom. The second-order valence-corrected chi connectivity index (χ2v) is 11.2. The predicted molar refractivity (Wildman–Crippen MR) is 118 cm³/mol. The number of fused-ring (bicyclic) bond motifs is 3. The van der Waals surface area contributed by atoms with Crippen LogP contribution in [0.25, 0.3) is 0 Å². The Balaban J connectivity index is 1.49. The van der Waals surface area contributed by atoms with Crippen molar-refractivity contribution in [3.63, 3.8) is 0 Å². The van der Waals surface area contributed by atoms with E-state index in [4.69, 9.17) is 23.2 Å². The molecule has 8 atom stereocenters. The molecule has 0 aromatic heterocycles. The van der Waals surface area contributed by atoms with E-state index in [1.54, 1.807) is 4.90 Å². The molecular weight excluding hydrogens is 482 g/mol. The molecule has 2 aliphatic carbocycles. The third-order valence-corrected chi connectivity index (χ3v) is 9.72. The van der Waals surface area contributed by atoms with Crippen LogP contribution >= 0.6 is 23.2 Å². The summed E-state index contributed by atoms with van der Waals surface area (Å²) in [6.07, 6.45) is -0.904. The van der Waals surface area contributed by atoms with Gasteiger partial charge in [0, 0.05) is 30.7 Å². The number of amides is 2. The third kappa shape index (κ3) is 4.84. The Bertz CT molecular complexity index is 750. The lowest BCUT2D eigenvalue weighted by atomic mass is 9.61. The van der Waals surface area contributed by atoms with Crippen LogP contribution in [-0.4, -0.2) is 76.1 Å². The first-order chi connectivity index (χ1) is 15.5. The Morgan fingerprint density at radius 2 is 1.79 bits per heavy atom. The quantitative estimate of drug-likeness (QED) is 0.506. The summed E-state index contributed by atoms with van der Waals surface area (Å²) >= 11 is 13.4. The van der Waals surface area contributed by atoms with Crippen LogP contribution in [0.1, 0.15) is 45.4 Å². The number of hydrogen-bond acceptors (Lipinski definition) is 4. The molecule has 0 radical (unpaired) electrons. The standard InChI is InChI=1S/C22H32Cl2F3N3O3/c1-10-17-15(6-7-30(10)16(32)9-31)29-20-18(17)13(8-14(23)19(20)24)11-2-4-12(5-3-11)28-21(33)22(25,26)27/h10-15,17-20,29,31H,2-9H2,1H3,(H,28,33)/t10-,11?,12?,13?,14?,15?,17?,18?,19?,20?/m0/s1. The molecule has 11 heteroatoms. The van der Waals surface area contributed by atoms with Crippen LogP contribution in [0.15, 0.2) is 0 Å². The van der Waals surface area contributed by atoms with Crippen molar-refractivity contribution in [2.45, 2.75) is 86.5 Å². The van der Waals surface area contributed by atoms with E-state index in [1.165, 1.54) is 0 Å². The second-order valence-electron chi connectivity index (χ2n) is 10.2. The zero-order valence-corrected chi connectivity index (χ0v) is 20.0. The van der Waals surface area contributed by atoms with E-state index in [0.717, 1.165) is 25.7 Å². The monoisotopic (exact) mass is 513 g/mol. The van der Waals surface area contributed by atoms with Gasteiger partial charge >= 0.3 is 12.1 Å². The van der Waals surface area contributed by atoms with Gasteiger partial charge in [0.05, 0.1) is 10.8 Å². The summed E-state index contributed by atoms with van der Waals surface area (Å²) in [7, 11) is 0. The third-order valence-electron chi connectivity index (χ3n) is 8.57. The van der Waals surface area contributed by atoms with E-state index in [1.807, 2.05) is 6.92 Å². The van der Waals surface area contributed by atoms with Crippen LogP contribution in [-0.2, 0) is 9.59 Å². The summed E-state index contributed by atoms with van der Waals surface area (Å²) in [6, 6.07) is -0.294. The lowest BCUT2D eigenvalue weighted by Crippen LogP contribution is -2.56. The first-order valence-corrected chi connectivity index (χ1v) is 12.7. The minimum absolute atomic E-state index is 0.0113. The van der Waals surface area contributed by atoms with E-state index in [9.17, 15) is 27.9 Å². The van der Waals surface area contributed by atoms with E-state index in [2.05, 4.69) is 10.6 Å². The zero-order valence-electron chi connectivity index (χ0n) is 18.5. The second kappa shape index (κ2) is 9.70. The summed E-state index contributed by atoms with van der Waals surface area (Å²) in [5.41, 5.74) is 0. The number of halogens is 5. The maximum atomic E-state index is 12.6. The molecule has 0 bridgehead atoms. The maximum absolute atomic E-state index is 12.6. The largest absolute Gasteiger partial charge is 0.471 e. The first-order valence-electron chi connectivity index (χ1n) is 11.8. The fraction of sp³-hybridized carbons (Fsp3) is 0.909. The number of nitrogens with zero attached hydrogens (tertiary/aromatic N) is 1. The molecule has 3 N–H and O–H groups in total. The van der Waals surface area contributed by atoms with Gasteiger partial charge in [-0.3, -0.25) is 9.59 Å². The Labute approximate surface area is 201 Å². The molecule has 188 valence electrons. The number of alkyl halides is 5. The highest BCUT2D eigenvalue weighted by Crippen LogP contribution is 2.53. The van der Waals surface area contributed by atoms with Crippen molar-refractivity contribution in [3.05, 3.63) is 0 Å². The van der Waals surface area contributed by atoms with Crippen molar-refractivity contribution in [3.8, 4) is 0 Å². The van der Waals surface area contributed by atoms with Gasteiger partial charge in [0.1, 0.15) is 6.61 Å². The number of carbonyl (C=O) groups excluding carboxylic acids is 2. The Morgan fingerprint density at radius 3 is 2.39 bits per heavy atom. The van der Waals surface area contributed by atoms with E-state index < -0.39 is 24.7 Å². The topological polar surface area (TPSA) is 81.7 Å². The average molecular weight is 514 g/mol. The fourth-order valence-corrected chi connectivity index (χ4v) is 7.84. The number of carbonyl (C=O) groups is 2. The van der Waals surface area contributed by atoms with Gasteiger partial charge in [-0.2, -0.15) is 13.2 Å². The molecule has 7 unspecified atom stereocenters. The molecule has 4 rings (SSSR count). The van der Waals surface area contributed by atoms with Crippen LogP contribution in [0.5, 0.6) is 0 Å². The highest BCUT2D eigenvalue weighted by molar-refractivity contribution is 6.30. The number of aliphatic hydroxyl groups is 1. The molecule has 0 aromatic rings. The van der Waals surface area contributed by atoms with Crippen molar-refractivity contribution >= 4 is 35.0 Å². The highest BCUT2D eigenvalue weighted by atomic mass is 35.5. The molecule has 0 spiro atoms. The molecule has 2 heterocycles. The minimum atomic E-state index is -4.87. The molecule has 0 aromatic carbocycles. The molecule has 4 aliphatic rings. The van der Waals surface area contributed by atoms with Crippen molar-refractivity contribution in [2.24, 2.45) is 23.7 Å². The van der Waals surface area contributed by atoms with E-state index in [-0.39, 0.29) is 58.5 Å². The Hall–Kier alpha value is -0.770. The molecule has 6 nitrogen and oxygen atoms in total. The molecule has 2 aliphatic heterocycles. The van der Waals surface area contributed by atoms with E-state index >= 15 is 0 Å². The van der Waals surface area contributed by atoms with Crippen molar-refractivity contribution in [1.82, 2.24) is 15.5 Å². The molecule has 2 saturated carbocycles. The van der Waals surface area contributed by atoms with Gasteiger partial charge in [-0.25, -0.2) is 0 Å². The van der Waals surface area contributed by atoms with Crippen LogP contribution in [0, 0.1) is 23.7 Å². The fourth-order valence-electron chi connectivity index (χ4n) is 7.14. The van der Waals surface area contributed by atoms with Crippen LogP contribution < -0.4 is 10.6 Å². The molecule has 2 saturated heterocycles. The lowest BCUT2D eigenvalue weighted by Gasteiger charge is -2.49. The van der Waals surface area contributed by atoms with Gasteiger partial charge in [-0.1, -0.05) is 0 Å². The molecular formula is C22H32Cl2F3N3O3. The van der Waals surface area contributed by atoms with Crippen LogP contribution in [0.4, 0.5) is 13.2 Å². The first kappa shape index (κ1) is 25.3. The summed E-state index contributed by atoms with van der Waals surface area (Å²) < 4.78 is 37.9. The maximum Gasteiger partial charge on any atom is 0.471 e. The molecule has 33 heavy (non-hydrogen) atoms. The SMILES string of the molecule is C[C@H]1C2C(CCN1C(=O)CO)NC1C(Cl)C(Cl)CC(C3CCC(NC(=O)C(F)(F)F)CC3)C12. The van der Waals surface area contributed by atoms with Crippen LogP contribution in [0.3, 0.4) is 0 Å². The van der Waals surface area contributed by atoms with Gasteiger partial charge in [0.15, 0.2) is 0 Å². The van der Waals surface area contributed by atoms with Gasteiger partial charge in [0.25, 0.3) is 0 Å². The minimum Gasteiger partial charge on any atom is -0.387 e. The van der Waals surface area contributed by atoms with Crippen molar-refractivity contribution in [1.29, 1.82) is 0 Å². The number of nitrogens with one attached hydrogen (secondary N) is 2. The van der Waals surface area contributed by atoms with Crippen molar-refractivity contribution < 1.29 is 27.9 Å². The zero-order chi connectivity index (χ0) is 24.1. The van der Waals surface area contributed by atoms with Gasteiger partial charge < -0.3 is 20.6 Å². The summed E-state index contributed by atoms with van der Waals surface area (Å²) in [5, 5.41) is 14.8. The summed E-state index contributed by atoms with van der Waals surface area (Å²) in [4.78, 5) is 25.4. The smallest absolute Gasteiger partial charge is 0.387 e. The van der Waals surface area contributed by atoms with Gasteiger partial charge in [-0.05, 0) is 69.1 Å². The number of likely N-dealkylation sites (tertiary alicyclic amines) is 1. The van der Waals surface area contributed by atoms with Crippen LogP contribution in [0.2, 0.25) is 0 Å². The molecule has 4 fully saturated rings. The number of aliphatic hydroxyl groups excluding tert-OH is 1. The van der Waals surface area contributed by atoms with Gasteiger partial charge in [-0.15, -0.1) is 23.2 Å². The van der Waals surface area contributed by atoms with Gasteiger partial charge in [0.2, 0.25) is 5.91 Å². The Kier molecular flexibility index (Phi) is 7.45. The predicted octanol–water partition coefficient (Wildman–Crippen LogP) is 2.64. The summed E-state index contributed by atoms with van der Waals surface area (Å²) in [5.74, 6) is -1.25. The van der Waals surface area contributed by atoms with E-state index in [0.29, 0.717) is 19.4 Å². The number of rotatable bonds is 3. The molecule has 2 amide bonds. The summed E-state index contributed by atoms with van der Waals surface area (Å²) in [6.45, 7) is 2.10. The highest BCUT2D eigenvalue weighted by Gasteiger charge is 2.58. The average Bonchev–Trinajstić information content (AvgIpc) is 3.17. The number of hydrogen-bond donors (Lipinski definition) is 3. The normalized spacial score (nSPS) is 43.5. The van der Waals surface area contributed by atoms with Crippen molar-refractivity contribution in [2.75, 3.05) is 13.2 Å². The number of piperidine rings is 1.